The Kier molecular flexibility index (Phi) is 7.45. The topological polar surface area (TPSA) is 84.3 Å². The lowest BCUT2D eigenvalue weighted by atomic mass is 10.2. The Morgan fingerprint density at radius 2 is 1.76 bits per heavy atom. The Balaban J connectivity index is 1.53. The van der Waals surface area contributed by atoms with Gasteiger partial charge in [0.1, 0.15) is 4.90 Å². The van der Waals surface area contributed by atoms with E-state index in [1.165, 1.54) is 22.6 Å². The van der Waals surface area contributed by atoms with Crippen LogP contribution in [0.25, 0.3) is 0 Å². The van der Waals surface area contributed by atoms with Gasteiger partial charge in [-0.2, -0.15) is 9.40 Å². The van der Waals surface area contributed by atoms with E-state index in [1.54, 1.807) is 10.9 Å². The fourth-order valence-corrected chi connectivity index (χ4v) is 6.25. The van der Waals surface area contributed by atoms with Crippen molar-refractivity contribution >= 4 is 60.7 Å². The lowest BCUT2D eigenvalue weighted by molar-refractivity contribution is 0.102. The first kappa shape index (κ1) is 24.2. The van der Waals surface area contributed by atoms with Gasteiger partial charge in [-0.05, 0) is 42.7 Å². The van der Waals surface area contributed by atoms with E-state index in [4.69, 9.17) is 23.2 Å². The molecule has 3 aromatic rings. The Morgan fingerprint density at radius 3 is 2.45 bits per heavy atom. The molecule has 33 heavy (non-hydrogen) atoms. The number of piperidine rings is 1. The average molecular weight is 572 g/mol. The van der Waals surface area contributed by atoms with Crippen LogP contribution in [0.5, 0.6) is 0 Å². The molecular weight excluding hydrogens is 551 g/mol. The zero-order valence-corrected chi connectivity index (χ0v) is 21.4. The number of carbonyl (C=O) groups excluding carboxylic acids is 1. The van der Waals surface area contributed by atoms with Crippen LogP contribution in [0.2, 0.25) is 10.0 Å². The van der Waals surface area contributed by atoms with Crippen LogP contribution in [-0.4, -0.2) is 41.5 Å². The first-order chi connectivity index (χ1) is 15.7. The molecule has 2 aromatic carbocycles. The number of amides is 1. The van der Waals surface area contributed by atoms with Gasteiger partial charge in [0.05, 0.1) is 34.0 Å². The van der Waals surface area contributed by atoms with E-state index in [2.05, 4.69) is 26.3 Å². The SMILES string of the molecule is O=C(Nc1cnn(Cc2ccc(Br)cc2)c1)c1cc(S(=O)(=O)N2CCCCC2)c(Cl)cc1Cl. The van der Waals surface area contributed by atoms with Gasteiger partial charge < -0.3 is 5.32 Å². The molecular formula is C22H21BrCl2N4O3S. The van der Waals surface area contributed by atoms with Gasteiger partial charge in [-0.15, -0.1) is 0 Å². The summed E-state index contributed by atoms with van der Waals surface area (Å²) >= 11 is 15.9. The summed E-state index contributed by atoms with van der Waals surface area (Å²) in [5.74, 6) is -0.546. The van der Waals surface area contributed by atoms with Gasteiger partial charge in [0.15, 0.2) is 0 Å². The van der Waals surface area contributed by atoms with E-state index in [0.29, 0.717) is 25.3 Å². The van der Waals surface area contributed by atoms with Crippen LogP contribution in [0.1, 0.15) is 35.2 Å². The lowest BCUT2D eigenvalue weighted by Gasteiger charge is -2.26. The Bertz CT molecular complexity index is 1270. The molecule has 7 nitrogen and oxygen atoms in total. The van der Waals surface area contributed by atoms with E-state index in [0.717, 1.165) is 29.3 Å². The maximum atomic E-state index is 13.1. The fourth-order valence-electron chi connectivity index (χ4n) is 3.64. The third kappa shape index (κ3) is 5.60. The highest BCUT2D eigenvalue weighted by Crippen LogP contribution is 2.32. The number of hydrogen-bond acceptors (Lipinski definition) is 4. The number of benzene rings is 2. The molecule has 174 valence electrons. The molecule has 1 fully saturated rings. The molecule has 1 amide bonds. The molecule has 0 unspecified atom stereocenters. The van der Waals surface area contributed by atoms with Crippen LogP contribution in [0.15, 0.2) is 58.2 Å². The predicted octanol–water partition coefficient (Wildman–Crippen LogP) is 5.43. The van der Waals surface area contributed by atoms with E-state index >= 15 is 0 Å². The Hall–Kier alpha value is -1.91. The highest BCUT2D eigenvalue weighted by Gasteiger charge is 2.29. The predicted molar refractivity (Wildman–Crippen MR) is 132 cm³/mol. The quantitative estimate of drug-likeness (QED) is 0.427. The van der Waals surface area contributed by atoms with Gasteiger partial charge in [-0.25, -0.2) is 8.42 Å². The minimum absolute atomic E-state index is 0.00978. The summed E-state index contributed by atoms with van der Waals surface area (Å²) in [6, 6.07) is 10.4. The molecule has 0 atom stereocenters. The molecule has 1 aliphatic heterocycles. The molecule has 0 spiro atoms. The standard InChI is InChI=1S/C22H21BrCl2N4O3S/c23-16-6-4-15(5-7-16)13-28-14-17(12-26-28)27-22(30)18-10-21(20(25)11-19(18)24)33(31,32)29-8-2-1-3-9-29/h4-7,10-12,14H,1-3,8-9,13H2,(H,27,30). The number of sulfonamides is 1. The summed E-state index contributed by atoms with van der Waals surface area (Å²) in [6.07, 6.45) is 5.79. The minimum atomic E-state index is -3.83. The zero-order valence-electron chi connectivity index (χ0n) is 17.5. The number of nitrogens with one attached hydrogen (secondary N) is 1. The van der Waals surface area contributed by atoms with Crippen LogP contribution in [0.3, 0.4) is 0 Å². The summed E-state index contributed by atoms with van der Waals surface area (Å²) < 4.78 is 30.3. The summed E-state index contributed by atoms with van der Waals surface area (Å²) in [5, 5.41) is 7.05. The van der Waals surface area contributed by atoms with Gasteiger partial charge in [-0.1, -0.05) is 57.7 Å². The number of aromatic nitrogens is 2. The second kappa shape index (κ2) is 10.1. The maximum absolute atomic E-state index is 13.1. The van der Waals surface area contributed by atoms with Crippen molar-refractivity contribution in [1.82, 2.24) is 14.1 Å². The fraction of sp³-hybridized carbons (Fsp3) is 0.273. The van der Waals surface area contributed by atoms with Crippen LogP contribution in [0, 0.1) is 0 Å². The van der Waals surface area contributed by atoms with Gasteiger partial charge >= 0.3 is 0 Å². The number of rotatable bonds is 6. The van der Waals surface area contributed by atoms with Crippen molar-refractivity contribution in [3.8, 4) is 0 Å². The van der Waals surface area contributed by atoms with Crippen molar-refractivity contribution in [1.29, 1.82) is 0 Å². The first-order valence-electron chi connectivity index (χ1n) is 10.3. The monoisotopic (exact) mass is 570 g/mol. The lowest BCUT2D eigenvalue weighted by Crippen LogP contribution is -2.35. The molecule has 11 heteroatoms. The molecule has 0 aliphatic carbocycles. The van der Waals surface area contributed by atoms with Crippen molar-refractivity contribution in [2.45, 2.75) is 30.7 Å². The van der Waals surface area contributed by atoms with Gasteiger partial charge in [0.2, 0.25) is 10.0 Å². The van der Waals surface area contributed by atoms with Crippen LogP contribution < -0.4 is 5.32 Å². The largest absolute Gasteiger partial charge is 0.319 e. The molecule has 4 rings (SSSR count). The van der Waals surface area contributed by atoms with E-state index < -0.39 is 15.9 Å². The van der Waals surface area contributed by atoms with Crippen molar-refractivity contribution in [3.05, 3.63) is 74.4 Å². The molecule has 1 N–H and O–H groups in total. The van der Waals surface area contributed by atoms with Crippen molar-refractivity contribution < 1.29 is 13.2 Å². The number of nitrogens with zero attached hydrogens (tertiary/aromatic N) is 3. The van der Waals surface area contributed by atoms with Crippen LogP contribution >= 0.6 is 39.1 Å². The smallest absolute Gasteiger partial charge is 0.257 e. The normalized spacial score (nSPS) is 14.9. The third-order valence-corrected chi connectivity index (χ3v) is 8.55. The van der Waals surface area contributed by atoms with Gasteiger partial charge in [0, 0.05) is 23.8 Å². The summed E-state index contributed by atoms with van der Waals surface area (Å²) in [6.45, 7) is 1.39. The first-order valence-corrected chi connectivity index (χ1v) is 13.3. The second-order valence-electron chi connectivity index (χ2n) is 7.73. The highest BCUT2D eigenvalue weighted by molar-refractivity contribution is 9.10. The van der Waals surface area contributed by atoms with E-state index in [9.17, 15) is 13.2 Å². The van der Waals surface area contributed by atoms with Gasteiger partial charge in [0.25, 0.3) is 5.91 Å². The molecule has 0 saturated carbocycles. The van der Waals surface area contributed by atoms with Crippen molar-refractivity contribution in [3.63, 3.8) is 0 Å². The molecule has 0 bridgehead atoms. The Labute approximate surface area is 210 Å². The molecule has 1 aromatic heterocycles. The second-order valence-corrected chi connectivity index (χ2v) is 11.4. The maximum Gasteiger partial charge on any atom is 0.257 e. The number of carbonyl (C=O) groups is 1. The average Bonchev–Trinajstić information content (AvgIpc) is 3.22. The van der Waals surface area contributed by atoms with Crippen molar-refractivity contribution in [2.75, 3.05) is 18.4 Å². The number of anilines is 1. The van der Waals surface area contributed by atoms with Crippen molar-refractivity contribution in [2.24, 2.45) is 0 Å². The van der Waals surface area contributed by atoms with Crippen LogP contribution in [0.4, 0.5) is 5.69 Å². The highest BCUT2D eigenvalue weighted by atomic mass is 79.9. The van der Waals surface area contributed by atoms with E-state index in [-0.39, 0.29) is 20.5 Å². The zero-order chi connectivity index (χ0) is 23.6. The molecule has 2 heterocycles. The van der Waals surface area contributed by atoms with Gasteiger partial charge in [-0.3, -0.25) is 9.48 Å². The van der Waals surface area contributed by atoms with E-state index in [1.807, 2.05) is 24.3 Å². The number of halogens is 3. The Morgan fingerprint density at radius 1 is 1.06 bits per heavy atom. The number of hydrogen-bond donors (Lipinski definition) is 1. The minimum Gasteiger partial charge on any atom is -0.319 e. The molecule has 1 saturated heterocycles. The molecule has 1 aliphatic rings. The van der Waals surface area contributed by atoms with Crippen LogP contribution in [-0.2, 0) is 16.6 Å². The molecule has 0 radical (unpaired) electrons. The summed E-state index contributed by atoms with van der Waals surface area (Å²) in [5.41, 5.74) is 1.54. The summed E-state index contributed by atoms with van der Waals surface area (Å²) in [4.78, 5) is 12.8. The summed E-state index contributed by atoms with van der Waals surface area (Å²) in [7, 11) is -3.83. The third-order valence-electron chi connectivity index (χ3n) is 5.35.